The number of hydrogen-bond donors (Lipinski definition) is 0. The summed E-state index contributed by atoms with van der Waals surface area (Å²) < 4.78 is 15.9. The third-order valence-corrected chi connectivity index (χ3v) is 2.62. The Hall–Kier alpha value is -2.01. The van der Waals surface area contributed by atoms with Gasteiger partial charge in [-0.3, -0.25) is 4.98 Å². The van der Waals surface area contributed by atoms with Crippen molar-refractivity contribution < 1.29 is 14.2 Å². The van der Waals surface area contributed by atoms with Crippen molar-refractivity contribution in [2.75, 3.05) is 14.2 Å². The van der Waals surface area contributed by atoms with Gasteiger partial charge in [0.05, 0.1) is 32.0 Å². The summed E-state index contributed by atoms with van der Waals surface area (Å²) in [7, 11) is 3.15. The maximum absolute atomic E-state index is 5.70. The van der Waals surface area contributed by atoms with Gasteiger partial charge in [-0.1, -0.05) is 0 Å². The standard InChI is InChI=1S/C13H13ClN2O3/c1-17-10-3-11(18-2)5-12(4-10)19-13-8-15-7-9(6-14)16-13/h3-5,7-8H,6H2,1-2H3. The van der Waals surface area contributed by atoms with Gasteiger partial charge in [-0.05, 0) is 0 Å². The SMILES string of the molecule is COc1cc(OC)cc(Oc2cncc(CCl)n2)c1. The molecule has 0 aliphatic rings. The molecule has 2 aromatic rings. The van der Waals surface area contributed by atoms with E-state index in [0.717, 1.165) is 0 Å². The van der Waals surface area contributed by atoms with Crippen molar-refractivity contribution in [3.63, 3.8) is 0 Å². The summed E-state index contributed by atoms with van der Waals surface area (Å²) >= 11 is 5.70. The predicted molar refractivity (Wildman–Crippen MR) is 71.2 cm³/mol. The zero-order valence-electron chi connectivity index (χ0n) is 10.6. The lowest BCUT2D eigenvalue weighted by Gasteiger charge is -2.09. The minimum atomic E-state index is 0.283. The van der Waals surface area contributed by atoms with Gasteiger partial charge in [0.1, 0.15) is 17.2 Å². The number of ether oxygens (including phenoxy) is 3. The first-order valence-corrected chi connectivity index (χ1v) is 6.06. The van der Waals surface area contributed by atoms with Crippen LogP contribution in [0.2, 0.25) is 0 Å². The lowest BCUT2D eigenvalue weighted by atomic mass is 10.3. The molecule has 0 N–H and O–H groups in total. The molecule has 0 saturated heterocycles. The van der Waals surface area contributed by atoms with Crippen LogP contribution < -0.4 is 14.2 Å². The summed E-state index contributed by atoms with van der Waals surface area (Å²) in [5.41, 5.74) is 0.647. The molecule has 1 heterocycles. The summed E-state index contributed by atoms with van der Waals surface area (Å²) in [6.07, 6.45) is 3.11. The molecule has 19 heavy (non-hydrogen) atoms. The highest BCUT2D eigenvalue weighted by Gasteiger charge is 2.06. The molecule has 0 bridgehead atoms. The third-order valence-electron chi connectivity index (χ3n) is 2.35. The number of alkyl halides is 1. The smallest absolute Gasteiger partial charge is 0.238 e. The summed E-state index contributed by atoms with van der Waals surface area (Å²) in [5, 5.41) is 0. The molecular weight excluding hydrogens is 268 g/mol. The molecule has 100 valence electrons. The molecule has 1 aromatic carbocycles. The number of halogens is 1. The zero-order chi connectivity index (χ0) is 13.7. The number of hydrogen-bond acceptors (Lipinski definition) is 5. The van der Waals surface area contributed by atoms with Crippen molar-refractivity contribution in [2.24, 2.45) is 0 Å². The Labute approximate surface area is 116 Å². The summed E-state index contributed by atoms with van der Waals surface area (Å²) in [4.78, 5) is 8.20. The third kappa shape index (κ3) is 3.48. The number of aromatic nitrogens is 2. The van der Waals surface area contributed by atoms with Crippen LogP contribution in [0.3, 0.4) is 0 Å². The predicted octanol–water partition coefficient (Wildman–Crippen LogP) is 3.02. The molecular formula is C13H13ClN2O3. The molecule has 0 unspecified atom stereocenters. The van der Waals surface area contributed by atoms with E-state index in [1.165, 1.54) is 6.20 Å². The monoisotopic (exact) mass is 280 g/mol. The van der Waals surface area contributed by atoms with Crippen molar-refractivity contribution in [2.45, 2.75) is 5.88 Å². The topological polar surface area (TPSA) is 53.5 Å². The fourth-order valence-corrected chi connectivity index (χ4v) is 1.59. The van der Waals surface area contributed by atoms with E-state index in [1.54, 1.807) is 38.6 Å². The normalized spacial score (nSPS) is 10.1. The second kappa shape index (κ2) is 6.24. The lowest BCUT2D eigenvalue weighted by Crippen LogP contribution is -1.94. The van der Waals surface area contributed by atoms with E-state index in [1.807, 2.05) is 0 Å². The number of nitrogens with zero attached hydrogens (tertiary/aromatic N) is 2. The van der Waals surface area contributed by atoms with Crippen LogP contribution in [0.4, 0.5) is 0 Å². The molecule has 0 saturated carbocycles. The molecule has 0 spiro atoms. The van der Waals surface area contributed by atoms with Crippen LogP contribution in [0.5, 0.6) is 23.1 Å². The molecule has 0 aliphatic heterocycles. The van der Waals surface area contributed by atoms with Gasteiger partial charge in [0.15, 0.2) is 0 Å². The number of benzene rings is 1. The number of methoxy groups -OCH3 is 2. The fourth-order valence-electron chi connectivity index (χ4n) is 1.46. The van der Waals surface area contributed by atoms with E-state index in [9.17, 15) is 0 Å². The van der Waals surface area contributed by atoms with Crippen molar-refractivity contribution >= 4 is 11.6 Å². The Balaban J connectivity index is 2.26. The molecule has 0 atom stereocenters. The Morgan fingerprint density at radius 1 is 1.00 bits per heavy atom. The fraction of sp³-hybridized carbons (Fsp3) is 0.231. The van der Waals surface area contributed by atoms with Crippen LogP contribution in [0.1, 0.15) is 5.69 Å². The van der Waals surface area contributed by atoms with E-state index >= 15 is 0 Å². The average Bonchev–Trinajstić information content (AvgIpc) is 2.47. The van der Waals surface area contributed by atoms with Gasteiger partial charge in [-0.25, -0.2) is 4.98 Å². The first-order chi connectivity index (χ1) is 9.25. The zero-order valence-corrected chi connectivity index (χ0v) is 11.3. The van der Waals surface area contributed by atoms with Crippen molar-refractivity contribution in [1.82, 2.24) is 9.97 Å². The van der Waals surface area contributed by atoms with E-state index < -0.39 is 0 Å². The summed E-state index contributed by atoms with van der Waals surface area (Å²) in [6, 6.07) is 5.23. The molecule has 1 aromatic heterocycles. The summed E-state index contributed by atoms with van der Waals surface area (Å²) in [5.74, 6) is 2.48. The van der Waals surface area contributed by atoms with E-state index in [-0.39, 0.29) is 5.88 Å². The Kier molecular flexibility index (Phi) is 4.41. The second-order valence-corrected chi connectivity index (χ2v) is 3.90. The van der Waals surface area contributed by atoms with Crippen LogP contribution in [0.25, 0.3) is 0 Å². The highest BCUT2D eigenvalue weighted by molar-refractivity contribution is 6.16. The van der Waals surface area contributed by atoms with Gasteiger partial charge in [-0.2, -0.15) is 0 Å². The molecule has 6 heteroatoms. The van der Waals surface area contributed by atoms with Crippen LogP contribution in [-0.4, -0.2) is 24.2 Å². The maximum atomic E-state index is 5.70. The van der Waals surface area contributed by atoms with Gasteiger partial charge >= 0.3 is 0 Å². The van der Waals surface area contributed by atoms with E-state index in [2.05, 4.69) is 9.97 Å². The highest BCUT2D eigenvalue weighted by atomic mass is 35.5. The first-order valence-electron chi connectivity index (χ1n) is 5.53. The van der Waals surface area contributed by atoms with Crippen molar-refractivity contribution in [1.29, 1.82) is 0 Å². The van der Waals surface area contributed by atoms with E-state index in [4.69, 9.17) is 25.8 Å². The Bertz CT molecular complexity index is 541. The number of rotatable bonds is 5. The summed E-state index contributed by atoms with van der Waals surface area (Å²) in [6.45, 7) is 0. The van der Waals surface area contributed by atoms with Gasteiger partial charge < -0.3 is 14.2 Å². The van der Waals surface area contributed by atoms with Gasteiger partial charge in [-0.15, -0.1) is 11.6 Å². The van der Waals surface area contributed by atoms with Crippen LogP contribution in [0, 0.1) is 0 Å². The maximum Gasteiger partial charge on any atom is 0.238 e. The minimum Gasteiger partial charge on any atom is -0.496 e. The molecule has 0 fully saturated rings. The quantitative estimate of drug-likeness (QED) is 0.788. The van der Waals surface area contributed by atoms with E-state index in [0.29, 0.717) is 28.8 Å². The van der Waals surface area contributed by atoms with Gasteiger partial charge in [0.25, 0.3) is 0 Å². The minimum absolute atomic E-state index is 0.283. The van der Waals surface area contributed by atoms with Gasteiger partial charge in [0, 0.05) is 24.4 Å². The molecule has 5 nitrogen and oxygen atoms in total. The molecule has 0 aliphatic carbocycles. The van der Waals surface area contributed by atoms with Gasteiger partial charge in [0.2, 0.25) is 5.88 Å². The Morgan fingerprint density at radius 3 is 2.21 bits per heavy atom. The van der Waals surface area contributed by atoms with Crippen molar-refractivity contribution in [3.05, 3.63) is 36.3 Å². The Morgan fingerprint density at radius 2 is 1.63 bits per heavy atom. The second-order valence-electron chi connectivity index (χ2n) is 3.63. The first kappa shape index (κ1) is 13.4. The van der Waals surface area contributed by atoms with Crippen LogP contribution in [-0.2, 0) is 5.88 Å². The molecule has 0 amide bonds. The molecule has 0 radical (unpaired) electrons. The van der Waals surface area contributed by atoms with Crippen LogP contribution in [0.15, 0.2) is 30.6 Å². The average molecular weight is 281 g/mol. The van der Waals surface area contributed by atoms with Crippen LogP contribution >= 0.6 is 11.6 Å². The van der Waals surface area contributed by atoms with Crippen molar-refractivity contribution in [3.8, 4) is 23.1 Å². The molecule has 2 rings (SSSR count). The lowest BCUT2D eigenvalue weighted by molar-refractivity contribution is 0.384. The highest BCUT2D eigenvalue weighted by Crippen LogP contribution is 2.29. The largest absolute Gasteiger partial charge is 0.496 e.